The monoisotopic (exact) mass is 466 g/mol. The molecule has 2 aromatic rings. The summed E-state index contributed by atoms with van der Waals surface area (Å²) in [5, 5.41) is 7.08. The molecule has 3 heterocycles. The summed E-state index contributed by atoms with van der Waals surface area (Å²) in [4.78, 5) is 12.7. The lowest BCUT2D eigenvalue weighted by molar-refractivity contribution is -0.123. The molecule has 9 nitrogen and oxygen atoms in total. The van der Waals surface area contributed by atoms with Gasteiger partial charge in [-0.25, -0.2) is 16.8 Å². The van der Waals surface area contributed by atoms with E-state index in [0.717, 1.165) is 5.56 Å². The fraction of sp³-hybridized carbons (Fsp3) is 0.500. The van der Waals surface area contributed by atoms with E-state index in [-0.39, 0.29) is 22.9 Å². The lowest BCUT2D eigenvalue weighted by Crippen LogP contribution is -2.48. The van der Waals surface area contributed by atoms with Crippen LogP contribution in [0.3, 0.4) is 0 Å². The van der Waals surface area contributed by atoms with Gasteiger partial charge in [0, 0.05) is 6.54 Å². The number of nitrogens with one attached hydrogen (secondary N) is 1. The molecule has 2 aliphatic rings. The predicted octanol–water partition coefficient (Wildman–Crippen LogP) is 0.945. The normalized spacial score (nSPS) is 22.5. The SMILES string of the molecule is Cc1nn(CC(=O)NC2(C)CCS(=O)(=O)C2)c(C)c1S(=O)(=O)N1CCc2ccccc21. The molecule has 1 fully saturated rings. The summed E-state index contributed by atoms with van der Waals surface area (Å²) in [6, 6.07) is 7.41. The maximum Gasteiger partial charge on any atom is 0.268 e. The number of carbonyl (C=O) groups is 1. The number of para-hydroxylation sites is 1. The highest BCUT2D eigenvalue weighted by molar-refractivity contribution is 7.93. The van der Waals surface area contributed by atoms with E-state index in [0.29, 0.717) is 36.5 Å². The van der Waals surface area contributed by atoms with Gasteiger partial charge in [0.05, 0.1) is 34.1 Å². The average Bonchev–Trinajstić information content (AvgIpc) is 3.29. The molecule has 0 aliphatic carbocycles. The van der Waals surface area contributed by atoms with Gasteiger partial charge in [-0.2, -0.15) is 5.10 Å². The van der Waals surface area contributed by atoms with E-state index in [2.05, 4.69) is 10.4 Å². The van der Waals surface area contributed by atoms with Crippen molar-refractivity contribution in [3.8, 4) is 0 Å². The van der Waals surface area contributed by atoms with Gasteiger partial charge in [-0.1, -0.05) is 18.2 Å². The van der Waals surface area contributed by atoms with Crippen LogP contribution in [0, 0.1) is 13.8 Å². The molecule has 1 N–H and O–H groups in total. The lowest BCUT2D eigenvalue weighted by Gasteiger charge is -2.24. The molecular formula is C20H26N4O5S2. The smallest absolute Gasteiger partial charge is 0.268 e. The molecule has 1 amide bonds. The van der Waals surface area contributed by atoms with Crippen LogP contribution in [0.15, 0.2) is 29.2 Å². The summed E-state index contributed by atoms with van der Waals surface area (Å²) in [5.74, 6) is -0.457. The minimum Gasteiger partial charge on any atom is -0.348 e. The van der Waals surface area contributed by atoms with Gasteiger partial charge in [0.1, 0.15) is 11.4 Å². The van der Waals surface area contributed by atoms with Crippen LogP contribution < -0.4 is 9.62 Å². The second kappa shape index (κ2) is 7.33. The number of hydrogen-bond donors (Lipinski definition) is 1. The summed E-state index contributed by atoms with van der Waals surface area (Å²) in [6.07, 6.45) is 0.998. The molecule has 1 unspecified atom stereocenters. The van der Waals surface area contributed by atoms with E-state index in [1.165, 1.54) is 8.99 Å². The van der Waals surface area contributed by atoms with Crippen molar-refractivity contribution in [2.75, 3.05) is 22.4 Å². The van der Waals surface area contributed by atoms with Crippen LogP contribution in [0.4, 0.5) is 5.69 Å². The Labute approximate surface area is 182 Å². The van der Waals surface area contributed by atoms with Gasteiger partial charge in [-0.3, -0.25) is 13.8 Å². The number of carbonyl (C=O) groups excluding carboxylic acids is 1. The molecule has 4 rings (SSSR count). The highest BCUT2D eigenvalue weighted by Gasteiger charge is 2.40. The van der Waals surface area contributed by atoms with Gasteiger partial charge in [-0.05, 0) is 45.2 Å². The van der Waals surface area contributed by atoms with E-state index in [1.54, 1.807) is 26.8 Å². The Morgan fingerprint density at radius 3 is 2.65 bits per heavy atom. The number of sulfonamides is 1. The average molecular weight is 467 g/mol. The van der Waals surface area contributed by atoms with E-state index in [4.69, 9.17) is 0 Å². The molecule has 1 atom stereocenters. The number of rotatable bonds is 5. The number of amides is 1. The number of anilines is 1. The van der Waals surface area contributed by atoms with E-state index in [1.807, 2.05) is 18.2 Å². The zero-order valence-electron chi connectivity index (χ0n) is 17.8. The van der Waals surface area contributed by atoms with Crippen molar-refractivity contribution in [2.45, 2.75) is 50.6 Å². The van der Waals surface area contributed by atoms with Gasteiger partial charge in [0.2, 0.25) is 5.91 Å². The summed E-state index contributed by atoms with van der Waals surface area (Å²) >= 11 is 0. The van der Waals surface area contributed by atoms with Gasteiger partial charge in [0.15, 0.2) is 9.84 Å². The van der Waals surface area contributed by atoms with Crippen LogP contribution >= 0.6 is 0 Å². The number of benzene rings is 1. The van der Waals surface area contributed by atoms with Crippen molar-refractivity contribution in [1.82, 2.24) is 15.1 Å². The highest BCUT2D eigenvalue weighted by Crippen LogP contribution is 2.34. The summed E-state index contributed by atoms with van der Waals surface area (Å²) in [7, 11) is -7.00. The van der Waals surface area contributed by atoms with Crippen molar-refractivity contribution in [3.05, 3.63) is 41.2 Å². The fourth-order valence-corrected chi connectivity index (χ4v) is 8.47. The molecule has 0 spiro atoms. The Bertz CT molecular complexity index is 1270. The van der Waals surface area contributed by atoms with E-state index < -0.39 is 31.3 Å². The standard InChI is InChI=1S/C20H26N4O5S2/c1-14-19(31(28,29)24-10-8-16-6-4-5-7-17(16)24)15(2)23(22-14)12-18(25)21-20(3)9-11-30(26,27)13-20/h4-7H,8-13H2,1-3H3,(H,21,25). The van der Waals surface area contributed by atoms with Crippen molar-refractivity contribution < 1.29 is 21.6 Å². The van der Waals surface area contributed by atoms with Gasteiger partial charge in [0.25, 0.3) is 10.0 Å². The first kappa shape index (κ1) is 21.8. The summed E-state index contributed by atoms with van der Waals surface area (Å²) in [5.41, 5.74) is 1.53. The molecule has 2 aliphatic heterocycles. The first-order valence-corrected chi connectivity index (χ1v) is 13.3. The third-order valence-corrected chi connectivity index (χ3v) is 9.91. The maximum absolute atomic E-state index is 13.4. The van der Waals surface area contributed by atoms with E-state index in [9.17, 15) is 21.6 Å². The van der Waals surface area contributed by atoms with Crippen LogP contribution in [0.25, 0.3) is 0 Å². The molecule has 11 heteroatoms. The maximum atomic E-state index is 13.4. The number of fused-ring (bicyclic) bond motifs is 1. The largest absolute Gasteiger partial charge is 0.348 e. The van der Waals surface area contributed by atoms with Crippen molar-refractivity contribution in [3.63, 3.8) is 0 Å². The number of hydrogen-bond acceptors (Lipinski definition) is 6. The summed E-state index contributed by atoms with van der Waals surface area (Å²) < 4.78 is 53.2. The second-order valence-corrected chi connectivity index (χ2v) is 12.5. The minimum absolute atomic E-state index is 0.0450. The van der Waals surface area contributed by atoms with Crippen molar-refractivity contribution in [1.29, 1.82) is 0 Å². The molecular weight excluding hydrogens is 440 g/mol. The predicted molar refractivity (Wildman–Crippen MR) is 116 cm³/mol. The fourth-order valence-electron chi connectivity index (χ4n) is 4.50. The zero-order chi connectivity index (χ0) is 22.6. The minimum atomic E-state index is -3.84. The van der Waals surface area contributed by atoms with E-state index >= 15 is 0 Å². The molecule has 0 radical (unpaired) electrons. The quantitative estimate of drug-likeness (QED) is 0.701. The molecule has 0 bridgehead atoms. The molecule has 1 aromatic carbocycles. The highest BCUT2D eigenvalue weighted by atomic mass is 32.2. The third-order valence-electron chi connectivity index (χ3n) is 5.95. The van der Waals surface area contributed by atoms with Gasteiger partial charge >= 0.3 is 0 Å². The Morgan fingerprint density at radius 2 is 1.97 bits per heavy atom. The van der Waals surface area contributed by atoms with Crippen molar-refractivity contribution in [2.24, 2.45) is 0 Å². The topological polar surface area (TPSA) is 118 Å². The summed E-state index contributed by atoms with van der Waals surface area (Å²) in [6.45, 7) is 5.12. The first-order valence-electron chi connectivity index (χ1n) is 10.1. The zero-order valence-corrected chi connectivity index (χ0v) is 19.4. The number of nitrogens with zero attached hydrogens (tertiary/aromatic N) is 3. The van der Waals surface area contributed by atoms with Crippen LogP contribution in [-0.2, 0) is 37.6 Å². The number of sulfone groups is 1. The first-order chi connectivity index (χ1) is 14.4. The molecule has 0 saturated carbocycles. The van der Waals surface area contributed by atoms with Crippen LogP contribution in [0.2, 0.25) is 0 Å². The van der Waals surface area contributed by atoms with Crippen molar-refractivity contribution >= 4 is 31.5 Å². The van der Waals surface area contributed by atoms with Crippen LogP contribution in [0.5, 0.6) is 0 Å². The molecule has 1 saturated heterocycles. The molecule has 31 heavy (non-hydrogen) atoms. The molecule has 168 valence electrons. The lowest BCUT2D eigenvalue weighted by atomic mass is 10.0. The van der Waals surface area contributed by atoms with Gasteiger partial charge < -0.3 is 5.32 Å². The Hall–Kier alpha value is -2.40. The number of aromatic nitrogens is 2. The Kier molecular flexibility index (Phi) is 5.16. The second-order valence-electron chi connectivity index (χ2n) is 8.56. The van der Waals surface area contributed by atoms with Crippen LogP contribution in [0.1, 0.15) is 30.3 Å². The molecule has 1 aromatic heterocycles. The van der Waals surface area contributed by atoms with Crippen LogP contribution in [-0.4, -0.2) is 56.1 Å². The Morgan fingerprint density at radius 1 is 1.26 bits per heavy atom. The Balaban J connectivity index is 1.58. The third kappa shape index (κ3) is 3.96. The van der Waals surface area contributed by atoms with Gasteiger partial charge in [-0.15, -0.1) is 0 Å². The number of aryl methyl sites for hydroxylation is 1.